The number of hydrogen-bond acceptors (Lipinski definition) is 2. The van der Waals surface area contributed by atoms with Crippen LogP contribution in [0.1, 0.15) is 17.2 Å². The maximum atomic E-state index is 11.3. The predicted molar refractivity (Wildman–Crippen MR) is 77.1 cm³/mol. The van der Waals surface area contributed by atoms with Gasteiger partial charge in [-0.15, -0.1) is 0 Å². The molecular weight excluding hydrogens is 308 g/mol. The Kier molecular flexibility index (Phi) is 3.00. The lowest BCUT2D eigenvalue weighted by Crippen LogP contribution is -2.00. The van der Waals surface area contributed by atoms with Crippen LogP contribution in [0.25, 0.3) is 11.0 Å². The third-order valence-electron chi connectivity index (χ3n) is 3.04. The smallest absolute Gasteiger partial charge is 0.323 e. The van der Waals surface area contributed by atoms with Crippen LogP contribution in [0.3, 0.4) is 0 Å². The van der Waals surface area contributed by atoms with Crippen molar-refractivity contribution in [1.29, 1.82) is 0 Å². The van der Waals surface area contributed by atoms with Crippen LogP contribution >= 0.6 is 15.9 Å². The average Bonchev–Trinajstić information content (AvgIpc) is 2.77. The highest BCUT2D eigenvalue weighted by atomic mass is 79.9. The van der Waals surface area contributed by atoms with Gasteiger partial charge in [-0.25, -0.2) is 4.79 Å². The van der Waals surface area contributed by atoms with E-state index < -0.39 is 6.10 Å². The minimum Gasteiger partial charge on any atom is -0.384 e. The van der Waals surface area contributed by atoms with E-state index in [1.54, 1.807) is 12.1 Å². The van der Waals surface area contributed by atoms with Crippen LogP contribution in [0.5, 0.6) is 0 Å². The Balaban J connectivity index is 2.14. The van der Waals surface area contributed by atoms with Crippen LogP contribution in [0.2, 0.25) is 0 Å². The summed E-state index contributed by atoms with van der Waals surface area (Å²) in [6, 6.07) is 12.9. The summed E-state index contributed by atoms with van der Waals surface area (Å²) in [6.07, 6.45) is -0.738. The molecule has 0 spiro atoms. The molecule has 0 fully saturated rings. The molecule has 0 aliphatic rings. The highest BCUT2D eigenvalue weighted by Gasteiger charge is 2.15. The molecule has 5 heteroatoms. The second-order valence-corrected chi connectivity index (χ2v) is 5.17. The molecular formula is C14H11BrN2O2. The first kappa shape index (κ1) is 12.2. The summed E-state index contributed by atoms with van der Waals surface area (Å²) in [5, 5.41) is 10.4. The summed E-state index contributed by atoms with van der Waals surface area (Å²) in [5.41, 5.74) is 2.65. The second-order valence-electron chi connectivity index (χ2n) is 4.31. The molecule has 3 rings (SSSR count). The van der Waals surface area contributed by atoms with Crippen molar-refractivity contribution in [2.75, 3.05) is 0 Å². The normalized spacial score (nSPS) is 12.7. The van der Waals surface area contributed by atoms with Crippen LogP contribution in [0, 0.1) is 0 Å². The first-order valence-corrected chi connectivity index (χ1v) is 6.59. The third kappa shape index (κ3) is 2.22. The van der Waals surface area contributed by atoms with Crippen molar-refractivity contribution in [1.82, 2.24) is 9.97 Å². The summed E-state index contributed by atoms with van der Waals surface area (Å²) in [7, 11) is 0. The number of aliphatic hydroxyl groups excluding tert-OH is 1. The molecule has 19 heavy (non-hydrogen) atoms. The van der Waals surface area contributed by atoms with Gasteiger partial charge in [0.05, 0.1) is 11.0 Å². The van der Waals surface area contributed by atoms with E-state index in [-0.39, 0.29) is 5.69 Å². The summed E-state index contributed by atoms with van der Waals surface area (Å²) in [4.78, 5) is 16.6. The topological polar surface area (TPSA) is 68.9 Å². The van der Waals surface area contributed by atoms with E-state index in [1.807, 2.05) is 30.3 Å². The zero-order chi connectivity index (χ0) is 13.4. The van der Waals surface area contributed by atoms with Gasteiger partial charge in [-0.1, -0.05) is 46.3 Å². The van der Waals surface area contributed by atoms with Gasteiger partial charge in [-0.3, -0.25) is 0 Å². The minimum absolute atomic E-state index is 0.256. The van der Waals surface area contributed by atoms with Crippen LogP contribution in [0.4, 0.5) is 0 Å². The van der Waals surface area contributed by atoms with Crippen molar-refractivity contribution in [3.63, 3.8) is 0 Å². The van der Waals surface area contributed by atoms with Crippen LogP contribution in [-0.2, 0) is 0 Å². The van der Waals surface area contributed by atoms with E-state index in [9.17, 15) is 9.90 Å². The Labute approximate surface area is 117 Å². The number of benzene rings is 2. The Hall–Kier alpha value is -1.85. The van der Waals surface area contributed by atoms with E-state index in [0.717, 1.165) is 10.0 Å². The Morgan fingerprint density at radius 2 is 1.68 bits per heavy atom. The standard InChI is InChI=1S/C14H11BrN2O2/c15-10-7-12-11(16-14(19)17-12)6-9(10)13(18)8-4-2-1-3-5-8/h1-7,13,18H,(H2,16,17,19). The van der Waals surface area contributed by atoms with Gasteiger partial charge in [0, 0.05) is 10.0 Å². The number of imidazole rings is 1. The number of aromatic amines is 2. The Morgan fingerprint density at radius 1 is 1.05 bits per heavy atom. The fourth-order valence-electron chi connectivity index (χ4n) is 2.10. The lowest BCUT2D eigenvalue weighted by molar-refractivity contribution is 0.219. The maximum absolute atomic E-state index is 11.3. The molecule has 0 aliphatic carbocycles. The zero-order valence-electron chi connectivity index (χ0n) is 9.85. The Morgan fingerprint density at radius 3 is 2.37 bits per heavy atom. The number of halogens is 1. The number of hydrogen-bond donors (Lipinski definition) is 3. The zero-order valence-corrected chi connectivity index (χ0v) is 11.4. The minimum atomic E-state index is -0.738. The molecule has 1 heterocycles. The lowest BCUT2D eigenvalue weighted by Gasteiger charge is -2.13. The molecule has 0 saturated heterocycles. The lowest BCUT2D eigenvalue weighted by atomic mass is 10.0. The molecule has 2 aromatic carbocycles. The van der Waals surface area contributed by atoms with Crippen LogP contribution in [0.15, 0.2) is 51.7 Å². The van der Waals surface area contributed by atoms with Gasteiger partial charge >= 0.3 is 5.69 Å². The average molecular weight is 319 g/mol. The van der Waals surface area contributed by atoms with Gasteiger partial charge in [0.1, 0.15) is 6.10 Å². The van der Waals surface area contributed by atoms with Gasteiger partial charge in [0.2, 0.25) is 0 Å². The monoisotopic (exact) mass is 318 g/mol. The molecule has 3 aromatic rings. The summed E-state index contributed by atoms with van der Waals surface area (Å²) in [5.74, 6) is 0. The molecule has 0 aliphatic heterocycles. The van der Waals surface area contributed by atoms with Gasteiger partial charge < -0.3 is 15.1 Å². The van der Waals surface area contributed by atoms with E-state index >= 15 is 0 Å². The van der Waals surface area contributed by atoms with Crippen molar-refractivity contribution in [2.24, 2.45) is 0 Å². The van der Waals surface area contributed by atoms with Crippen molar-refractivity contribution >= 4 is 27.0 Å². The number of aliphatic hydroxyl groups is 1. The highest BCUT2D eigenvalue weighted by molar-refractivity contribution is 9.10. The maximum Gasteiger partial charge on any atom is 0.323 e. The predicted octanol–water partition coefficient (Wildman–Crippen LogP) is 2.70. The fourth-order valence-corrected chi connectivity index (χ4v) is 2.66. The number of aromatic nitrogens is 2. The molecule has 0 saturated carbocycles. The van der Waals surface area contributed by atoms with Crippen LogP contribution < -0.4 is 5.69 Å². The third-order valence-corrected chi connectivity index (χ3v) is 3.73. The van der Waals surface area contributed by atoms with Crippen molar-refractivity contribution in [3.8, 4) is 0 Å². The molecule has 96 valence electrons. The van der Waals surface area contributed by atoms with Crippen molar-refractivity contribution in [3.05, 3.63) is 68.5 Å². The van der Waals surface area contributed by atoms with E-state index in [2.05, 4.69) is 25.9 Å². The van der Waals surface area contributed by atoms with Crippen LogP contribution in [-0.4, -0.2) is 15.1 Å². The molecule has 1 atom stereocenters. The quantitative estimate of drug-likeness (QED) is 0.680. The molecule has 1 unspecified atom stereocenters. The SMILES string of the molecule is O=c1[nH]c2cc(Br)c(C(O)c3ccccc3)cc2[nH]1. The summed E-state index contributed by atoms with van der Waals surface area (Å²) >= 11 is 3.43. The van der Waals surface area contributed by atoms with Gasteiger partial charge in [0.15, 0.2) is 0 Å². The van der Waals surface area contributed by atoms with E-state index in [0.29, 0.717) is 16.6 Å². The molecule has 0 radical (unpaired) electrons. The summed E-state index contributed by atoms with van der Waals surface area (Å²) in [6.45, 7) is 0. The first-order chi connectivity index (χ1) is 9.15. The second kappa shape index (κ2) is 4.68. The van der Waals surface area contributed by atoms with E-state index in [4.69, 9.17) is 0 Å². The molecule has 1 aromatic heterocycles. The largest absolute Gasteiger partial charge is 0.384 e. The van der Waals surface area contributed by atoms with Crippen molar-refractivity contribution in [2.45, 2.75) is 6.10 Å². The number of rotatable bonds is 2. The number of H-pyrrole nitrogens is 2. The van der Waals surface area contributed by atoms with Crippen molar-refractivity contribution < 1.29 is 5.11 Å². The molecule has 0 amide bonds. The summed E-state index contributed by atoms with van der Waals surface area (Å²) < 4.78 is 0.756. The Bertz CT molecular complexity index is 777. The highest BCUT2D eigenvalue weighted by Crippen LogP contribution is 2.30. The molecule has 3 N–H and O–H groups in total. The fraction of sp³-hybridized carbons (Fsp3) is 0.0714. The van der Waals surface area contributed by atoms with Gasteiger partial charge in [-0.05, 0) is 17.7 Å². The number of fused-ring (bicyclic) bond motifs is 1. The molecule has 0 bridgehead atoms. The first-order valence-electron chi connectivity index (χ1n) is 5.79. The number of nitrogens with one attached hydrogen (secondary N) is 2. The molecule has 4 nitrogen and oxygen atoms in total. The van der Waals surface area contributed by atoms with Gasteiger partial charge in [-0.2, -0.15) is 0 Å². The van der Waals surface area contributed by atoms with Gasteiger partial charge in [0.25, 0.3) is 0 Å². The van der Waals surface area contributed by atoms with E-state index in [1.165, 1.54) is 0 Å².